The highest BCUT2D eigenvalue weighted by Crippen LogP contribution is 2.36. The van der Waals surface area contributed by atoms with Gasteiger partial charge < -0.3 is 10.2 Å². The quantitative estimate of drug-likeness (QED) is 0.213. The van der Waals surface area contributed by atoms with Crippen LogP contribution in [0.3, 0.4) is 0 Å². The van der Waals surface area contributed by atoms with Crippen LogP contribution in [-0.4, -0.2) is 39.4 Å². The van der Waals surface area contributed by atoms with Crippen LogP contribution < -0.4 is 5.32 Å². The lowest BCUT2D eigenvalue weighted by Crippen LogP contribution is -2.28. The lowest BCUT2D eigenvalue weighted by Gasteiger charge is -2.31. The summed E-state index contributed by atoms with van der Waals surface area (Å²) >= 11 is 1.44. The molecule has 7 heteroatoms. The molecule has 0 spiro atoms. The monoisotopic (exact) mass is 515 g/mol. The molecule has 194 valence electrons. The van der Waals surface area contributed by atoms with Crippen molar-refractivity contribution < 1.29 is 4.79 Å². The summed E-state index contributed by atoms with van der Waals surface area (Å²) in [5, 5.41) is 5.61. The van der Waals surface area contributed by atoms with Gasteiger partial charge in [0.1, 0.15) is 17.0 Å². The van der Waals surface area contributed by atoms with E-state index in [2.05, 4.69) is 65.8 Å². The first kappa shape index (κ1) is 26.7. The summed E-state index contributed by atoms with van der Waals surface area (Å²) in [4.78, 5) is 30.4. The number of pyridine rings is 1. The smallest absolute Gasteiger partial charge is 0.264 e. The number of nitrogens with zero attached hydrogens (tertiary/aromatic N) is 4. The van der Waals surface area contributed by atoms with Crippen molar-refractivity contribution in [2.24, 2.45) is 11.3 Å². The average Bonchev–Trinajstić information content (AvgIpc) is 3.27. The number of aromatic nitrogens is 3. The lowest BCUT2D eigenvalue weighted by molar-refractivity contribution is 0.0790. The van der Waals surface area contributed by atoms with Gasteiger partial charge in [-0.25, -0.2) is 9.97 Å². The number of benzene rings is 1. The van der Waals surface area contributed by atoms with Gasteiger partial charge >= 0.3 is 0 Å². The van der Waals surface area contributed by atoms with E-state index in [4.69, 9.17) is 0 Å². The van der Waals surface area contributed by atoms with E-state index in [0.29, 0.717) is 17.3 Å². The van der Waals surface area contributed by atoms with Crippen LogP contribution in [0.5, 0.6) is 0 Å². The average molecular weight is 516 g/mol. The third kappa shape index (κ3) is 5.67. The zero-order valence-corrected chi connectivity index (χ0v) is 23.4. The third-order valence-electron chi connectivity index (χ3n) is 7.56. The van der Waals surface area contributed by atoms with Gasteiger partial charge in [-0.1, -0.05) is 45.0 Å². The Bertz CT molecular complexity index is 1410. The van der Waals surface area contributed by atoms with Crippen molar-refractivity contribution in [3.63, 3.8) is 0 Å². The number of hydrogen-bond acceptors (Lipinski definition) is 6. The summed E-state index contributed by atoms with van der Waals surface area (Å²) < 4.78 is 0. The molecule has 0 saturated heterocycles. The number of carbonyl (C=O) groups excluding carboxylic acids is 1. The van der Waals surface area contributed by atoms with Crippen LogP contribution in [-0.2, 0) is 6.54 Å². The molecule has 1 N–H and O–H groups in total. The van der Waals surface area contributed by atoms with E-state index in [1.165, 1.54) is 11.3 Å². The van der Waals surface area contributed by atoms with Crippen molar-refractivity contribution >= 4 is 44.2 Å². The number of amides is 1. The summed E-state index contributed by atoms with van der Waals surface area (Å²) in [5.41, 5.74) is 3.05. The summed E-state index contributed by atoms with van der Waals surface area (Å²) in [7, 11) is 1.85. The minimum atomic E-state index is -0.0116. The number of carbonyl (C=O) groups is 1. The van der Waals surface area contributed by atoms with E-state index >= 15 is 0 Å². The fraction of sp³-hybridized carbons (Fsp3) is 0.400. The van der Waals surface area contributed by atoms with Crippen LogP contribution in [0.25, 0.3) is 21.1 Å². The fourth-order valence-electron chi connectivity index (χ4n) is 4.88. The fourth-order valence-corrected chi connectivity index (χ4v) is 6.02. The molecule has 1 aromatic carbocycles. The predicted octanol–water partition coefficient (Wildman–Crippen LogP) is 7.25. The maximum Gasteiger partial charge on any atom is 0.264 e. The molecular formula is C30H37N5OS. The minimum Gasteiger partial charge on any atom is -0.369 e. The van der Waals surface area contributed by atoms with Crippen molar-refractivity contribution in [2.45, 2.75) is 53.5 Å². The van der Waals surface area contributed by atoms with E-state index in [1.807, 2.05) is 32.2 Å². The Labute approximate surface area is 223 Å². The molecule has 0 aliphatic heterocycles. The number of fused-ring (bicyclic) bond motifs is 2. The van der Waals surface area contributed by atoms with Gasteiger partial charge in [-0.05, 0) is 60.8 Å². The Kier molecular flexibility index (Phi) is 8.22. The van der Waals surface area contributed by atoms with Crippen molar-refractivity contribution in [2.75, 3.05) is 18.9 Å². The minimum absolute atomic E-state index is 0.0116. The van der Waals surface area contributed by atoms with Gasteiger partial charge in [0.05, 0.1) is 15.8 Å². The lowest BCUT2D eigenvalue weighted by atomic mass is 9.78. The summed E-state index contributed by atoms with van der Waals surface area (Å²) in [5.74, 6) is 1.28. The van der Waals surface area contributed by atoms with Crippen molar-refractivity contribution in [1.29, 1.82) is 0 Å². The largest absolute Gasteiger partial charge is 0.369 e. The van der Waals surface area contributed by atoms with Gasteiger partial charge in [0, 0.05) is 31.7 Å². The molecule has 2 atom stereocenters. The molecule has 3 aromatic heterocycles. The number of aryl methyl sites for hydroxylation is 1. The van der Waals surface area contributed by atoms with E-state index in [9.17, 15) is 4.79 Å². The van der Waals surface area contributed by atoms with E-state index in [-0.39, 0.29) is 11.3 Å². The molecule has 37 heavy (non-hydrogen) atoms. The molecule has 2 unspecified atom stereocenters. The molecule has 1 amide bonds. The second kappa shape index (κ2) is 11.4. The number of nitrogens with one attached hydrogen (secondary N) is 1. The van der Waals surface area contributed by atoms with Crippen LogP contribution in [0.4, 0.5) is 5.82 Å². The molecule has 0 bridgehead atoms. The van der Waals surface area contributed by atoms with Crippen molar-refractivity contribution in [3.8, 4) is 0 Å². The first-order valence-electron chi connectivity index (χ1n) is 13.0. The highest BCUT2D eigenvalue weighted by molar-refractivity contribution is 7.20. The van der Waals surface area contributed by atoms with Gasteiger partial charge in [-0.15, -0.1) is 17.9 Å². The molecule has 4 aromatic rings. The molecular weight excluding hydrogens is 478 g/mol. The Morgan fingerprint density at radius 3 is 2.76 bits per heavy atom. The van der Waals surface area contributed by atoms with Crippen LogP contribution in [0, 0.1) is 18.3 Å². The zero-order chi connectivity index (χ0) is 26.6. The first-order valence-corrected chi connectivity index (χ1v) is 13.8. The van der Waals surface area contributed by atoms with Gasteiger partial charge in [-0.3, -0.25) is 9.78 Å². The zero-order valence-electron chi connectivity index (χ0n) is 22.5. The van der Waals surface area contributed by atoms with Crippen LogP contribution in [0.2, 0.25) is 0 Å². The van der Waals surface area contributed by atoms with Gasteiger partial charge in [0.15, 0.2) is 0 Å². The van der Waals surface area contributed by atoms with Gasteiger partial charge in [0.25, 0.3) is 5.91 Å². The maximum absolute atomic E-state index is 13.6. The highest BCUT2D eigenvalue weighted by atomic mass is 32.1. The van der Waals surface area contributed by atoms with Crippen LogP contribution in [0.15, 0.2) is 55.5 Å². The molecule has 0 radical (unpaired) electrons. The SMILES string of the molecule is C=CC(CC)CC(C)(CC)CNc1ncnc2sc(C(=O)N(C)Cc3cccc4ncccc34)c(C)c12. The number of rotatable bonds is 11. The van der Waals surface area contributed by atoms with Crippen molar-refractivity contribution in [3.05, 3.63) is 71.5 Å². The second-order valence-electron chi connectivity index (χ2n) is 10.2. The molecule has 0 aliphatic rings. The highest BCUT2D eigenvalue weighted by Gasteiger charge is 2.27. The third-order valence-corrected chi connectivity index (χ3v) is 8.75. The van der Waals surface area contributed by atoms with E-state index < -0.39 is 0 Å². The number of anilines is 1. The number of allylic oxidation sites excluding steroid dienone is 1. The molecule has 0 fully saturated rings. The normalized spacial score (nSPS) is 13.9. The topological polar surface area (TPSA) is 71.0 Å². The van der Waals surface area contributed by atoms with Crippen molar-refractivity contribution in [1.82, 2.24) is 19.9 Å². The summed E-state index contributed by atoms with van der Waals surface area (Å²) in [6.07, 6.45) is 8.67. The van der Waals surface area contributed by atoms with E-state index in [0.717, 1.165) is 63.9 Å². The van der Waals surface area contributed by atoms with Gasteiger partial charge in [0.2, 0.25) is 0 Å². The molecule has 4 rings (SSSR count). The first-order chi connectivity index (χ1) is 17.8. The second-order valence-corrected chi connectivity index (χ2v) is 11.2. The van der Waals surface area contributed by atoms with Crippen LogP contribution in [0.1, 0.15) is 60.8 Å². The molecule has 0 saturated carbocycles. The Morgan fingerprint density at radius 2 is 2.03 bits per heavy atom. The Hall–Kier alpha value is -3.32. The Balaban J connectivity index is 1.57. The molecule has 6 nitrogen and oxygen atoms in total. The Morgan fingerprint density at radius 1 is 1.22 bits per heavy atom. The van der Waals surface area contributed by atoms with Gasteiger partial charge in [-0.2, -0.15) is 0 Å². The maximum atomic E-state index is 13.6. The van der Waals surface area contributed by atoms with Crippen LogP contribution >= 0.6 is 11.3 Å². The molecule has 0 aliphatic carbocycles. The number of thiophene rings is 1. The number of hydrogen-bond donors (Lipinski definition) is 1. The predicted molar refractivity (Wildman–Crippen MR) is 155 cm³/mol. The summed E-state index contributed by atoms with van der Waals surface area (Å²) in [6, 6.07) is 10.0. The standard InChI is InChI=1S/C30H37N5OS/c1-7-21(8-2)16-30(5,9-3)18-32-27-25-20(4)26(37-28(25)34-19-33-27)29(36)35(6)17-22-12-10-14-24-23(22)13-11-15-31-24/h7,10-15,19,21H,1,8-9,16-18H2,2-6H3,(H,32,33,34). The molecule has 3 heterocycles. The van der Waals surface area contributed by atoms with E-state index in [1.54, 1.807) is 17.4 Å². The summed E-state index contributed by atoms with van der Waals surface area (Å²) in [6.45, 7) is 14.1.